The van der Waals surface area contributed by atoms with Crippen LogP contribution < -0.4 is 14.8 Å². The maximum absolute atomic E-state index is 12.8. The van der Waals surface area contributed by atoms with Gasteiger partial charge < -0.3 is 19.7 Å². The van der Waals surface area contributed by atoms with Gasteiger partial charge in [-0.2, -0.15) is 0 Å². The molecule has 0 fully saturated rings. The van der Waals surface area contributed by atoms with Crippen LogP contribution in [0.1, 0.15) is 24.2 Å². The lowest BCUT2D eigenvalue weighted by atomic mass is 10.2. The van der Waals surface area contributed by atoms with Crippen LogP contribution in [0, 0.1) is 0 Å². The molecule has 7 heteroatoms. The molecule has 3 rings (SSSR count). The second-order valence-electron chi connectivity index (χ2n) is 6.58. The van der Waals surface area contributed by atoms with Gasteiger partial charge in [0.2, 0.25) is 5.91 Å². The van der Waals surface area contributed by atoms with E-state index < -0.39 is 6.04 Å². The number of benzene rings is 2. The van der Waals surface area contributed by atoms with E-state index in [2.05, 4.69) is 5.32 Å². The number of nitrogens with one attached hydrogen (secondary N) is 1. The molecule has 0 radical (unpaired) electrons. The Morgan fingerprint density at radius 2 is 1.86 bits per heavy atom. The van der Waals surface area contributed by atoms with E-state index in [1.807, 2.05) is 31.2 Å². The quantitative estimate of drug-likeness (QED) is 0.806. The van der Waals surface area contributed by atoms with Crippen LogP contribution in [0.2, 0.25) is 5.02 Å². The smallest absolute Gasteiger partial charge is 0.251 e. The van der Waals surface area contributed by atoms with Crippen LogP contribution in [-0.2, 0) is 4.79 Å². The summed E-state index contributed by atoms with van der Waals surface area (Å²) in [5.74, 6) is 0.884. The zero-order valence-electron chi connectivity index (χ0n) is 15.9. The fourth-order valence-corrected chi connectivity index (χ4v) is 3.12. The third-order valence-corrected chi connectivity index (χ3v) is 4.76. The Bertz CT molecular complexity index is 841. The standard InChI is InChI=1S/C21H23ClN2O4/c1-3-24(12-17-13-27-18-6-4-5-7-19(18)28-17)21(26)14(2)23-20(25)15-8-10-16(22)11-9-15/h4-11,14,17H,3,12-13H2,1-2H3,(H,23,25). The van der Waals surface area contributed by atoms with Crippen molar-refractivity contribution in [3.05, 3.63) is 59.1 Å². The first-order valence-corrected chi connectivity index (χ1v) is 9.59. The largest absolute Gasteiger partial charge is 0.486 e. The van der Waals surface area contributed by atoms with Crippen molar-refractivity contribution >= 4 is 23.4 Å². The number of carbonyl (C=O) groups is 2. The van der Waals surface area contributed by atoms with Crippen LogP contribution in [-0.4, -0.2) is 48.6 Å². The van der Waals surface area contributed by atoms with Crippen molar-refractivity contribution in [3.63, 3.8) is 0 Å². The van der Waals surface area contributed by atoms with Gasteiger partial charge in [-0.05, 0) is 50.2 Å². The van der Waals surface area contributed by atoms with Crippen LogP contribution >= 0.6 is 11.6 Å². The number of hydrogen-bond donors (Lipinski definition) is 1. The van der Waals surface area contributed by atoms with E-state index in [4.69, 9.17) is 21.1 Å². The average molecular weight is 403 g/mol. The highest BCUT2D eigenvalue weighted by Gasteiger charge is 2.27. The van der Waals surface area contributed by atoms with Gasteiger partial charge in [0.25, 0.3) is 5.91 Å². The summed E-state index contributed by atoms with van der Waals surface area (Å²) in [5.41, 5.74) is 0.452. The van der Waals surface area contributed by atoms with E-state index in [0.29, 0.717) is 41.8 Å². The average Bonchev–Trinajstić information content (AvgIpc) is 2.71. The minimum Gasteiger partial charge on any atom is -0.486 e. The second-order valence-corrected chi connectivity index (χ2v) is 7.01. The molecule has 0 saturated heterocycles. The minimum atomic E-state index is -0.667. The number of nitrogens with zero attached hydrogens (tertiary/aromatic N) is 1. The van der Waals surface area contributed by atoms with E-state index in [-0.39, 0.29) is 17.9 Å². The van der Waals surface area contributed by atoms with Crippen molar-refractivity contribution in [1.29, 1.82) is 0 Å². The number of amides is 2. The number of hydrogen-bond acceptors (Lipinski definition) is 4. The van der Waals surface area contributed by atoms with Crippen molar-refractivity contribution in [2.75, 3.05) is 19.7 Å². The van der Waals surface area contributed by atoms with Gasteiger partial charge in [0, 0.05) is 17.1 Å². The molecule has 0 spiro atoms. The molecule has 0 aromatic heterocycles. The molecule has 28 heavy (non-hydrogen) atoms. The Labute approximate surface area is 169 Å². The second kappa shape index (κ2) is 8.97. The van der Waals surface area contributed by atoms with Crippen LogP contribution in [0.25, 0.3) is 0 Å². The third kappa shape index (κ3) is 4.75. The minimum absolute atomic E-state index is 0.174. The van der Waals surface area contributed by atoms with Gasteiger partial charge in [-0.3, -0.25) is 9.59 Å². The maximum Gasteiger partial charge on any atom is 0.251 e. The first-order valence-electron chi connectivity index (χ1n) is 9.21. The van der Waals surface area contributed by atoms with E-state index >= 15 is 0 Å². The molecular formula is C21H23ClN2O4. The molecule has 1 heterocycles. The van der Waals surface area contributed by atoms with E-state index in [1.54, 1.807) is 36.1 Å². The lowest BCUT2D eigenvalue weighted by Crippen LogP contribution is -2.50. The van der Waals surface area contributed by atoms with Gasteiger partial charge in [-0.15, -0.1) is 0 Å². The summed E-state index contributed by atoms with van der Waals surface area (Å²) in [6.07, 6.45) is -0.266. The molecule has 0 aliphatic carbocycles. The summed E-state index contributed by atoms with van der Waals surface area (Å²) >= 11 is 5.84. The summed E-state index contributed by atoms with van der Waals surface area (Å²) in [6.45, 7) is 4.81. The molecule has 2 aromatic carbocycles. The number of fused-ring (bicyclic) bond motifs is 1. The van der Waals surface area contributed by atoms with Crippen molar-refractivity contribution in [3.8, 4) is 11.5 Å². The lowest BCUT2D eigenvalue weighted by Gasteiger charge is -2.32. The molecular weight excluding hydrogens is 380 g/mol. The summed E-state index contributed by atoms with van der Waals surface area (Å²) in [4.78, 5) is 26.8. The summed E-state index contributed by atoms with van der Waals surface area (Å²) < 4.78 is 11.6. The highest BCUT2D eigenvalue weighted by atomic mass is 35.5. The van der Waals surface area contributed by atoms with Crippen LogP contribution in [0.3, 0.4) is 0 Å². The highest BCUT2D eigenvalue weighted by Crippen LogP contribution is 2.31. The van der Waals surface area contributed by atoms with Crippen molar-refractivity contribution in [1.82, 2.24) is 10.2 Å². The molecule has 0 bridgehead atoms. The Balaban J connectivity index is 1.58. The van der Waals surface area contributed by atoms with Crippen LogP contribution in [0.15, 0.2) is 48.5 Å². The van der Waals surface area contributed by atoms with Crippen LogP contribution in [0.4, 0.5) is 0 Å². The Kier molecular flexibility index (Phi) is 6.41. The first kappa shape index (κ1) is 20.0. The summed E-state index contributed by atoms with van der Waals surface area (Å²) in [6, 6.07) is 13.3. The Morgan fingerprint density at radius 3 is 2.54 bits per heavy atom. The summed E-state index contributed by atoms with van der Waals surface area (Å²) in [7, 11) is 0. The fraction of sp³-hybridized carbons (Fsp3) is 0.333. The van der Waals surface area contributed by atoms with Crippen molar-refractivity contribution < 1.29 is 19.1 Å². The number of ether oxygens (including phenoxy) is 2. The SMILES string of the molecule is CCN(CC1COc2ccccc2O1)C(=O)C(C)NC(=O)c1ccc(Cl)cc1. The van der Waals surface area contributed by atoms with E-state index in [0.717, 1.165) is 0 Å². The molecule has 2 aromatic rings. The monoisotopic (exact) mass is 402 g/mol. The molecule has 1 aliphatic rings. The number of rotatable bonds is 6. The Hall–Kier alpha value is -2.73. The molecule has 2 unspecified atom stereocenters. The Morgan fingerprint density at radius 1 is 1.18 bits per heavy atom. The predicted octanol–water partition coefficient (Wildman–Crippen LogP) is 3.15. The van der Waals surface area contributed by atoms with E-state index in [9.17, 15) is 9.59 Å². The van der Waals surface area contributed by atoms with Gasteiger partial charge in [0.15, 0.2) is 17.6 Å². The maximum atomic E-state index is 12.8. The zero-order chi connectivity index (χ0) is 20.1. The lowest BCUT2D eigenvalue weighted by molar-refractivity contribution is -0.134. The number of halogens is 1. The molecule has 0 saturated carbocycles. The van der Waals surface area contributed by atoms with Gasteiger partial charge in [-0.1, -0.05) is 23.7 Å². The molecule has 2 atom stereocenters. The molecule has 6 nitrogen and oxygen atoms in total. The van der Waals surface area contributed by atoms with Crippen LogP contribution in [0.5, 0.6) is 11.5 Å². The third-order valence-electron chi connectivity index (χ3n) is 4.51. The predicted molar refractivity (Wildman–Crippen MR) is 107 cm³/mol. The molecule has 1 aliphatic heterocycles. The summed E-state index contributed by atoms with van der Waals surface area (Å²) in [5, 5.41) is 3.29. The number of carbonyl (C=O) groups excluding carboxylic acids is 2. The highest BCUT2D eigenvalue weighted by molar-refractivity contribution is 6.30. The normalized spacial score (nSPS) is 16.2. The van der Waals surface area contributed by atoms with Crippen molar-refractivity contribution in [2.24, 2.45) is 0 Å². The fourth-order valence-electron chi connectivity index (χ4n) is 2.99. The zero-order valence-corrected chi connectivity index (χ0v) is 16.6. The van der Waals surface area contributed by atoms with Gasteiger partial charge in [-0.25, -0.2) is 0 Å². The molecule has 148 valence electrons. The number of likely N-dealkylation sites (N-methyl/N-ethyl adjacent to an activating group) is 1. The molecule has 1 N–H and O–H groups in total. The topological polar surface area (TPSA) is 67.9 Å². The first-order chi connectivity index (χ1) is 13.5. The van der Waals surface area contributed by atoms with Gasteiger partial charge >= 0.3 is 0 Å². The number of para-hydroxylation sites is 2. The molecule has 2 amide bonds. The van der Waals surface area contributed by atoms with Gasteiger partial charge in [0.1, 0.15) is 12.6 Å². The van der Waals surface area contributed by atoms with Gasteiger partial charge in [0.05, 0.1) is 6.54 Å². The van der Waals surface area contributed by atoms with E-state index in [1.165, 1.54) is 0 Å². The van der Waals surface area contributed by atoms with Crippen molar-refractivity contribution in [2.45, 2.75) is 26.0 Å².